The Balaban J connectivity index is 2.30. The maximum atomic E-state index is 10.9. The van der Waals surface area contributed by atoms with Gasteiger partial charge in [0.05, 0.1) is 0 Å². The van der Waals surface area contributed by atoms with Crippen LogP contribution in [0.4, 0.5) is 4.79 Å². The van der Waals surface area contributed by atoms with Gasteiger partial charge in [-0.15, -0.1) is 5.10 Å². The third-order valence-electron chi connectivity index (χ3n) is 1.41. The molecule has 2 heterocycles. The first-order chi connectivity index (χ1) is 5.27. The molecule has 0 radical (unpaired) electrons. The number of amidine groups is 1. The highest BCUT2D eigenvalue weighted by molar-refractivity contribution is 6.18. The fraction of sp³-hybridized carbons (Fsp3) is 0.250. The number of hydrogen-bond donors (Lipinski definition) is 4. The molecular formula is C4H5N5O2. The summed E-state index contributed by atoms with van der Waals surface area (Å²) in [5.74, 6) is -0.0212. The molecule has 0 spiro atoms. The molecule has 3 amide bonds. The van der Waals surface area contributed by atoms with Gasteiger partial charge in [-0.05, 0) is 0 Å². The molecule has 0 aromatic rings. The summed E-state index contributed by atoms with van der Waals surface area (Å²) in [4.78, 5) is 21.6. The highest BCUT2D eigenvalue weighted by atomic mass is 16.2. The zero-order valence-electron chi connectivity index (χ0n) is 5.34. The molecule has 11 heavy (non-hydrogen) atoms. The van der Waals surface area contributed by atoms with E-state index >= 15 is 0 Å². The molecule has 0 aliphatic carbocycles. The number of nitrogens with zero attached hydrogens (tertiary/aromatic N) is 1. The predicted molar refractivity (Wildman–Crippen MR) is 34.2 cm³/mol. The minimum Gasteiger partial charge on any atom is -0.319 e. The van der Waals surface area contributed by atoms with Crippen LogP contribution in [0.5, 0.6) is 0 Å². The number of nitrogens with one attached hydrogen (secondary N) is 4. The molecule has 0 aromatic heterocycles. The average Bonchev–Trinajstić information content (AvgIpc) is 2.31. The Kier molecular flexibility index (Phi) is 0.999. The topological polar surface area (TPSA) is 94.6 Å². The molecule has 7 nitrogen and oxygen atoms in total. The maximum absolute atomic E-state index is 10.9. The fourth-order valence-corrected chi connectivity index (χ4v) is 0.922. The minimum atomic E-state index is -0.663. The van der Waals surface area contributed by atoms with E-state index in [0.29, 0.717) is 5.84 Å². The van der Waals surface area contributed by atoms with E-state index in [0.717, 1.165) is 0 Å². The van der Waals surface area contributed by atoms with E-state index in [1.165, 1.54) is 0 Å². The number of rotatable bonds is 0. The zero-order valence-corrected chi connectivity index (χ0v) is 5.34. The van der Waals surface area contributed by atoms with Crippen molar-refractivity contribution in [3.05, 3.63) is 0 Å². The Hall–Kier alpha value is -1.79. The van der Waals surface area contributed by atoms with Crippen molar-refractivity contribution in [2.45, 2.75) is 6.04 Å². The summed E-state index contributed by atoms with van der Waals surface area (Å²) < 4.78 is 0. The lowest BCUT2D eigenvalue weighted by Crippen LogP contribution is -2.53. The number of hydrazone groups is 1. The largest absolute Gasteiger partial charge is 0.321 e. The predicted octanol–water partition coefficient (Wildman–Crippen LogP) is -2.38. The Bertz CT molecular complexity index is 259. The highest BCUT2D eigenvalue weighted by Crippen LogP contribution is 1.96. The summed E-state index contributed by atoms with van der Waals surface area (Å²) in [6.45, 7) is 0. The number of carbonyl (C=O) groups is 2. The molecule has 58 valence electrons. The lowest BCUT2D eigenvalue weighted by atomic mass is 10.3. The number of carbonyl (C=O) groups excluding carboxylic acids is 2. The Morgan fingerprint density at radius 2 is 2.18 bits per heavy atom. The molecule has 0 aromatic carbocycles. The van der Waals surface area contributed by atoms with E-state index in [4.69, 9.17) is 0 Å². The third-order valence-corrected chi connectivity index (χ3v) is 1.41. The van der Waals surface area contributed by atoms with Gasteiger partial charge in [-0.1, -0.05) is 0 Å². The number of hydrogen-bond acceptors (Lipinski definition) is 4. The van der Waals surface area contributed by atoms with Crippen molar-refractivity contribution in [2.75, 3.05) is 0 Å². The van der Waals surface area contributed by atoms with Gasteiger partial charge in [-0.2, -0.15) is 0 Å². The second-order valence-corrected chi connectivity index (χ2v) is 2.13. The third kappa shape index (κ3) is 0.775. The Labute approximate surface area is 61.2 Å². The van der Waals surface area contributed by atoms with E-state index in [9.17, 15) is 9.59 Å². The van der Waals surface area contributed by atoms with Crippen molar-refractivity contribution >= 4 is 17.8 Å². The lowest BCUT2D eigenvalue weighted by molar-refractivity contribution is -0.122. The van der Waals surface area contributed by atoms with Gasteiger partial charge in [0.1, 0.15) is 0 Å². The van der Waals surface area contributed by atoms with Crippen LogP contribution >= 0.6 is 0 Å². The van der Waals surface area contributed by atoms with Crippen LogP contribution in [-0.4, -0.2) is 23.8 Å². The molecular weight excluding hydrogens is 150 g/mol. The van der Waals surface area contributed by atoms with Crippen molar-refractivity contribution in [3.8, 4) is 0 Å². The van der Waals surface area contributed by atoms with Gasteiger partial charge in [-0.3, -0.25) is 15.5 Å². The van der Waals surface area contributed by atoms with Crippen LogP contribution in [-0.2, 0) is 4.79 Å². The van der Waals surface area contributed by atoms with Gasteiger partial charge in [0.15, 0.2) is 11.9 Å². The van der Waals surface area contributed by atoms with Crippen molar-refractivity contribution in [1.29, 1.82) is 0 Å². The summed E-state index contributed by atoms with van der Waals surface area (Å²) in [6, 6.07) is -1.07. The molecule has 2 aliphatic rings. The van der Waals surface area contributed by atoms with E-state index < -0.39 is 12.1 Å². The zero-order chi connectivity index (χ0) is 7.84. The van der Waals surface area contributed by atoms with Crippen molar-refractivity contribution in [1.82, 2.24) is 21.6 Å². The SMILES string of the molecule is O=C1NC2=NNNC(=O)C2N1. The molecule has 0 saturated carbocycles. The molecule has 0 bridgehead atoms. The second kappa shape index (κ2) is 1.84. The number of urea groups is 1. The summed E-state index contributed by atoms with van der Waals surface area (Å²) in [5.41, 5.74) is 4.50. The first-order valence-electron chi connectivity index (χ1n) is 2.97. The van der Waals surface area contributed by atoms with Gasteiger partial charge in [0, 0.05) is 0 Å². The van der Waals surface area contributed by atoms with Crippen LogP contribution in [0.3, 0.4) is 0 Å². The molecule has 2 aliphatic heterocycles. The molecule has 2 rings (SSSR count). The standard InChI is InChI=1S/C4H5N5O2/c10-3-1-2(7-9-8-3)6-4(11)5-1/h1,9H,(H,8,10)(H2,5,6,7,11). The van der Waals surface area contributed by atoms with E-state index in [-0.39, 0.29) is 5.91 Å². The molecule has 1 fully saturated rings. The van der Waals surface area contributed by atoms with Gasteiger partial charge in [0.2, 0.25) is 0 Å². The van der Waals surface area contributed by atoms with E-state index in [1.54, 1.807) is 0 Å². The van der Waals surface area contributed by atoms with Crippen LogP contribution in [0.1, 0.15) is 0 Å². The Morgan fingerprint density at radius 1 is 1.36 bits per heavy atom. The highest BCUT2D eigenvalue weighted by Gasteiger charge is 2.35. The number of fused-ring (bicyclic) bond motifs is 1. The van der Waals surface area contributed by atoms with Gasteiger partial charge in [-0.25, -0.2) is 10.3 Å². The quantitative estimate of drug-likeness (QED) is 0.314. The van der Waals surface area contributed by atoms with Gasteiger partial charge < -0.3 is 5.32 Å². The minimum absolute atomic E-state index is 0.304. The van der Waals surface area contributed by atoms with Crippen molar-refractivity contribution in [3.63, 3.8) is 0 Å². The van der Waals surface area contributed by atoms with Crippen molar-refractivity contribution < 1.29 is 9.59 Å². The smallest absolute Gasteiger partial charge is 0.319 e. The lowest BCUT2D eigenvalue weighted by Gasteiger charge is -2.14. The van der Waals surface area contributed by atoms with Crippen LogP contribution < -0.4 is 21.6 Å². The molecule has 1 unspecified atom stereocenters. The fourth-order valence-electron chi connectivity index (χ4n) is 0.922. The monoisotopic (exact) mass is 155 g/mol. The molecule has 1 saturated heterocycles. The first kappa shape index (κ1) is 5.96. The second-order valence-electron chi connectivity index (χ2n) is 2.13. The summed E-state index contributed by atoms with van der Waals surface area (Å²) >= 11 is 0. The number of hydrazine groups is 1. The maximum Gasteiger partial charge on any atom is 0.321 e. The van der Waals surface area contributed by atoms with Gasteiger partial charge in [0.25, 0.3) is 5.91 Å². The van der Waals surface area contributed by atoms with E-state index in [1.807, 2.05) is 0 Å². The molecule has 1 atom stereocenters. The number of amides is 3. The summed E-state index contributed by atoms with van der Waals surface area (Å²) in [6.07, 6.45) is 0. The van der Waals surface area contributed by atoms with Gasteiger partial charge >= 0.3 is 6.03 Å². The van der Waals surface area contributed by atoms with Crippen LogP contribution in [0.25, 0.3) is 0 Å². The first-order valence-corrected chi connectivity index (χ1v) is 2.97. The van der Waals surface area contributed by atoms with Crippen LogP contribution in [0.2, 0.25) is 0 Å². The van der Waals surface area contributed by atoms with E-state index in [2.05, 4.69) is 26.7 Å². The Morgan fingerprint density at radius 3 is 2.91 bits per heavy atom. The molecule has 7 heteroatoms. The summed E-state index contributed by atoms with van der Waals surface area (Å²) in [7, 11) is 0. The average molecular weight is 155 g/mol. The van der Waals surface area contributed by atoms with Crippen LogP contribution in [0.15, 0.2) is 5.10 Å². The van der Waals surface area contributed by atoms with Crippen molar-refractivity contribution in [2.24, 2.45) is 5.10 Å². The normalized spacial score (nSPS) is 27.3. The van der Waals surface area contributed by atoms with Crippen LogP contribution in [0, 0.1) is 0 Å². The molecule has 4 N–H and O–H groups in total. The summed E-state index contributed by atoms with van der Waals surface area (Å²) in [5, 5.41) is 8.37.